The van der Waals surface area contributed by atoms with Crippen LogP contribution in [0.15, 0.2) is 0 Å². The molecule has 2 fully saturated rings. The van der Waals surface area contributed by atoms with Crippen LogP contribution in [0.2, 0.25) is 0 Å². The summed E-state index contributed by atoms with van der Waals surface area (Å²) in [5.74, 6) is 0. The lowest BCUT2D eigenvalue weighted by Crippen LogP contribution is -2.07. The second-order valence-electron chi connectivity index (χ2n) is 3.32. The molecule has 0 aromatic heterocycles. The summed E-state index contributed by atoms with van der Waals surface area (Å²) in [6.07, 6.45) is 0. The highest BCUT2D eigenvalue weighted by atomic mass is 31.1. The molecule has 2 aliphatic rings. The molecule has 0 aromatic carbocycles. The van der Waals surface area contributed by atoms with E-state index >= 15 is 0 Å². The molecule has 2 aliphatic heterocycles. The average molecular weight is 158 g/mol. The van der Waals surface area contributed by atoms with Crippen LogP contribution < -0.4 is 0 Å². The molecule has 0 unspecified atom stereocenters. The standard InChI is InChI=1S/C7H15N2P/c1-7(2)10(8-3-4-8)9-5-6-9/h7H,3-6H2,1-2H3. The molecule has 58 valence electrons. The SMILES string of the molecule is CC(C)P(N1CC1)N1CC1. The Kier molecular flexibility index (Phi) is 1.71. The molecular formula is C7H15N2P. The maximum absolute atomic E-state index is 2.62. The molecule has 0 N–H and O–H groups in total. The summed E-state index contributed by atoms with van der Waals surface area (Å²) in [4.78, 5) is 0. The lowest BCUT2D eigenvalue weighted by atomic mass is 10.6. The van der Waals surface area contributed by atoms with Crippen molar-refractivity contribution in [3.05, 3.63) is 0 Å². The molecule has 2 heterocycles. The first-order valence-electron chi connectivity index (χ1n) is 4.08. The van der Waals surface area contributed by atoms with Crippen molar-refractivity contribution in [2.75, 3.05) is 26.2 Å². The molecule has 2 rings (SSSR count). The molecule has 0 bridgehead atoms. The molecule has 0 amide bonds. The first-order chi connectivity index (χ1) is 4.79. The van der Waals surface area contributed by atoms with E-state index in [1.807, 2.05) is 0 Å². The first-order valence-corrected chi connectivity index (χ1v) is 5.39. The van der Waals surface area contributed by atoms with Crippen molar-refractivity contribution < 1.29 is 0 Å². The molecule has 0 aromatic rings. The van der Waals surface area contributed by atoms with Gasteiger partial charge in [0.05, 0.1) is 0 Å². The Morgan fingerprint density at radius 3 is 1.60 bits per heavy atom. The van der Waals surface area contributed by atoms with Crippen LogP contribution in [0.25, 0.3) is 0 Å². The van der Waals surface area contributed by atoms with Crippen molar-refractivity contribution >= 4 is 8.22 Å². The summed E-state index contributed by atoms with van der Waals surface area (Å²) in [6, 6.07) is 0. The van der Waals surface area contributed by atoms with E-state index < -0.39 is 0 Å². The maximum atomic E-state index is 2.62. The fourth-order valence-corrected chi connectivity index (χ4v) is 3.99. The molecule has 0 radical (unpaired) electrons. The van der Waals surface area contributed by atoms with E-state index in [1.165, 1.54) is 26.2 Å². The Hall–Kier alpha value is 0.350. The van der Waals surface area contributed by atoms with E-state index in [1.54, 1.807) is 0 Å². The van der Waals surface area contributed by atoms with Crippen LogP contribution >= 0.6 is 8.22 Å². The van der Waals surface area contributed by atoms with Crippen LogP contribution in [0, 0.1) is 0 Å². The van der Waals surface area contributed by atoms with Gasteiger partial charge in [0.25, 0.3) is 0 Å². The van der Waals surface area contributed by atoms with Crippen LogP contribution in [0.1, 0.15) is 13.8 Å². The Labute approximate surface area is 64.0 Å². The highest BCUT2D eigenvalue weighted by Gasteiger charge is 2.39. The topological polar surface area (TPSA) is 6.02 Å². The van der Waals surface area contributed by atoms with Gasteiger partial charge in [-0.3, -0.25) is 9.34 Å². The molecular weight excluding hydrogens is 143 g/mol. The predicted octanol–water partition coefficient (Wildman–Crippen LogP) is 1.34. The zero-order chi connectivity index (χ0) is 7.14. The summed E-state index contributed by atoms with van der Waals surface area (Å²) in [5, 5.41) is 0. The summed E-state index contributed by atoms with van der Waals surface area (Å²) in [6.45, 7) is 10.1. The lowest BCUT2D eigenvalue weighted by molar-refractivity contribution is 0.765. The van der Waals surface area contributed by atoms with Gasteiger partial charge in [0.1, 0.15) is 0 Å². The normalized spacial score (nSPS) is 26.4. The largest absolute Gasteiger partial charge is 0.267 e. The number of hydrogen-bond donors (Lipinski definition) is 0. The molecule has 0 saturated carbocycles. The zero-order valence-corrected chi connectivity index (χ0v) is 7.64. The van der Waals surface area contributed by atoms with E-state index in [0.717, 1.165) is 5.66 Å². The van der Waals surface area contributed by atoms with Crippen LogP contribution in [-0.4, -0.2) is 41.2 Å². The maximum Gasteiger partial charge on any atom is 0.0423 e. The van der Waals surface area contributed by atoms with E-state index in [2.05, 4.69) is 23.2 Å². The first kappa shape index (κ1) is 7.02. The van der Waals surface area contributed by atoms with Gasteiger partial charge in [-0.1, -0.05) is 13.8 Å². The van der Waals surface area contributed by atoms with Crippen molar-refractivity contribution in [3.8, 4) is 0 Å². The van der Waals surface area contributed by atoms with Gasteiger partial charge in [-0.05, 0) is 0 Å². The average Bonchev–Trinajstić information content (AvgIpc) is 2.49. The monoisotopic (exact) mass is 158 g/mol. The molecule has 0 aliphatic carbocycles. The summed E-state index contributed by atoms with van der Waals surface area (Å²) in [7, 11) is 0.151. The third-order valence-corrected chi connectivity index (χ3v) is 4.77. The van der Waals surface area contributed by atoms with Gasteiger partial charge in [-0.15, -0.1) is 0 Å². The molecule has 0 atom stereocenters. The quantitative estimate of drug-likeness (QED) is 0.451. The third-order valence-electron chi connectivity index (χ3n) is 1.89. The van der Waals surface area contributed by atoms with Gasteiger partial charge in [0.2, 0.25) is 0 Å². The van der Waals surface area contributed by atoms with Crippen molar-refractivity contribution in [2.24, 2.45) is 0 Å². The van der Waals surface area contributed by atoms with Gasteiger partial charge in [-0.25, -0.2) is 0 Å². The fourth-order valence-electron chi connectivity index (χ4n) is 1.33. The van der Waals surface area contributed by atoms with Crippen molar-refractivity contribution in [3.63, 3.8) is 0 Å². The smallest absolute Gasteiger partial charge is 0.0423 e. The van der Waals surface area contributed by atoms with Crippen molar-refractivity contribution in [1.29, 1.82) is 0 Å². The minimum absolute atomic E-state index is 0.151. The van der Waals surface area contributed by atoms with Crippen LogP contribution in [0.4, 0.5) is 0 Å². The fraction of sp³-hybridized carbons (Fsp3) is 1.00. The van der Waals surface area contributed by atoms with Crippen LogP contribution in [0.5, 0.6) is 0 Å². The van der Waals surface area contributed by atoms with Gasteiger partial charge in [-0.2, -0.15) is 0 Å². The minimum atomic E-state index is 0.151. The minimum Gasteiger partial charge on any atom is -0.267 e. The highest BCUT2D eigenvalue weighted by molar-refractivity contribution is 7.54. The van der Waals surface area contributed by atoms with E-state index in [0.29, 0.717) is 0 Å². The molecule has 2 nitrogen and oxygen atoms in total. The summed E-state index contributed by atoms with van der Waals surface area (Å²) < 4.78 is 5.24. The molecule has 2 saturated heterocycles. The summed E-state index contributed by atoms with van der Waals surface area (Å²) in [5.41, 5.74) is 0.875. The zero-order valence-electron chi connectivity index (χ0n) is 6.75. The van der Waals surface area contributed by atoms with Crippen LogP contribution in [0.3, 0.4) is 0 Å². The number of rotatable bonds is 3. The Balaban J connectivity index is 1.92. The second-order valence-corrected chi connectivity index (χ2v) is 6.13. The second kappa shape index (κ2) is 2.44. The van der Waals surface area contributed by atoms with Crippen molar-refractivity contribution in [2.45, 2.75) is 19.5 Å². The van der Waals surface area contributed by atoms with Gasteiger partial charge in [0, 0.05) is 40.1 Å². The Bertz CT molecular complexity index is 115. The van der Waals surface area contributed by atoms with E-state index in [-0.39, 0.29) is 8.22 Å². The lowest BCUT2D eigenvalue weighted by Gasteiger charge is -2.22. The molecule has 0 spiro atoms. The van der Waals surface area contributed by atoms with E-state index in [4.69, 9.17) is 0 Å². The predicted molar refractivity (Wildman–Crippen MR) is 45.2 cm³/mol. The Morgan fingerprint density at radius 2 is 1.40 bits per heavy atom. The number of hydrogen-bond acceptors (Lipinski definition) is 2. The van der Waals surface area contributed by atoms with Crippen molar-refractivity contribution in [1.82, 2.24) is 9.34 Å². The molecule has 3 heteroatoms. The van der Waals surface area contributed by atoms with E-state index in [9.17, 15) is 0 Å². The third kappa shape index (κ3) is 1.34. The summed E-state index contributed by atoms with van der Waals surface area (Å²) >= 11 is 0. The van der Waals surface area contributed by atoms with Gasteiger partial charge in [0.15, 0.2) is 0 Å². The van der Waals surface area contributed by atoms with Gasteiger partial charge < -0.3 is 0 Å². The van der Waals surface area contributed by atoms with Gasteiger partial charge >= 0.3 is 0 Å². The molecule has 10 heavy (non-hydrogen) atoms. The van der Waals surface area contributed by atoms with Crippen LogP contribution in [-0.2, 0) is 0 Å². The Morgan fingerprint density at radius 1 is 1.00 bits per heavy atom. The number of nitrogens with zero attached hydrogens (tertiary/aromatic N) is 2. The highest BCUT2D eigenvalue weighted by Crippen LogP contribution is 2.55.